The summed E-state index contributed by atoms with van der Waals surface area (Å²) in [6.07, 6.45) is 2.87. The standard InChI is InChI=1S/C19H23NO4S/c1-19(2,3)10-9-15-11-16(17(25-15)18(23)24-4)20(12-21)13-5-7-14(22)8-6-13/h11-13H,5-8H2,1-4H3. The summed E-state index contributed by atoms with van der Waals surface area (Å²) >= 11 is 1.23. The van der Waals surface area contributed by atoms with Crippen molar-refractivity contribution in [1.29, 1.82) is 0 Å². The summed E-state index contributed by atoms with van der Waals surface area (Å²) in [7, 11) is 1.32. The molecule has 1 aromatic heterocycles. The third kappa shape index (κ3) is 4.93. The number of hydrogen-bond acceptors (Lipinski definition) is 5. The molecule has 1 fully saturated rings. The quantitative estimate of drug-likeness (QED) is 0.468. The maximum absolute atomic E-state index is 12.1. The van der Waals surface area contributed by atoms with Crippen molar-refractivity contribution in [2.75, 3.05) is 12.0 Å². The van der Waals surface area contributed by atoms with E-state index in [0.717, 1.165) is 6.41 Å². The molecule has 0 atom stereocenters. The lowest BCUT2D eigenvalue weighted by Crippen LogP contribution is -2.37. The topological polar surface area (TPSA) is 63.7 Å². The molecule has 1 aromatic rings. The van der Waals surface area contributed by atoms with Crippen molar-refractivity contribution in [2.45, 2.75) is 52.5 Å². The van der Waals surface area contributed by atoms with Crippen LogP contribution >= 0.6 is 11.3 Å². The number of esters is 1. The number of anilines is 1. The van der Waals surface area contributed by atoms with Crippen LogP contribution in [0.15, 0.2) is 6.07 Å². The molecule has 134 valence electrons. The van der Waals surface area contributed by atoms with Crippen LogP contribution in [0.4, 0.5) is 5.69 Å². The highest BCUT2D eigenvalue weighted by molar-refractivity contribution is 7.15. The monoisotopic (exact) mass is 361 g/mol. The van der Waals surface area contributed by atoms with Crippen molar-refractivity contribution in [1.82, 2.24) is 0 Å². The minimum atomic E-state index is -0.484. The van der Waals surface area contributed by atoms with Crippen LogP contribution in [0.5, 0.6) is 0 Å². The number of methoxy groups -OCH3 is 1. The number of rotatable bonds is 4. The van der Waals surface area contributed by atoms with E-state index in [1.807, 2.05) is 20.8 Å². The number of ether oxygens (including phenoxy) is 1. The summed E-state index contributed by atoms with van der Waals surface area (Å²) in [4.78, 5) is 38.0. The van der Waals surface area contributed by atoms with Gasteiger partial charge in [0.05, 0.1) is 17.7 Å². The third-order valence-electron chi connectivity index (χ3n) is 3.94. The van der Waals surface area contributed by atoms with Gasteiger partial charge in [-0.2, -0.15) is 0 Å². The lowest BCUT2D eigenvalue weighted by molar-refractivity contribution is -0.121. The first-order chi connectivity index (χ1) is 11.7. The van der Waals surface area contributed by atoms with Crippen LogP contribution in [0.1, 0.15) is 61.0 Å². The summed E-state index contributed by atoms with van der Waals surface area (Å²) in [5.41, 5.74) is 0.355. The van der Waals surface area contributed by atoms with E-state index in [2.05, 4.69) is 11.8 Å². The number of amides is 1. The number of ketones is 1. The molecule has 1 aliphatic carbocycles. The predicted molar refractivity (Wildman–Crippen MR) is 97.8 cm³/mol. The smallest absolute Gasteiger partial charge is 0.350 e. The van der Waals surface area contributed by atoms with Crippen molar-refractivity contribution >= 4 is 35.2 Å². The van der Waals surface area contributed by atoms with Gasteiger partial charge in [0, 0.05) is 24.3 Å². The number of Topliss-reactive ketones (excluding diaryl/α,β-unsaturated/α-hetero) is 1. The first-order valence-electron chi connectivity index (χ1n) is 8.26. The summed E-state index contributed by atoms with van der Waals surface area (Å²) in [6.45, 7) is 6.02. The van der Waals surface area contributed by atoms with Crippen LogP contribution in [-0.2, 0) is 14.3 Å². The van der Waals surface area contributed by atoms with Crippen LogP contribution in [0.25, 0.3) is 0 Å². The highest BCUT2D eigenvalue weighted by Gasteiger charge is 2.29. The molecule has 0 bridgehead atoms. The zero-order valence-electron chi connectivity index (χ0n) is 15.0. The summed E-state index contributed by atoms with van der Waals surface area (Å²) in [6, 6.07) is 1.68. The van der Waals surface area contributed by atoms with Crippen molar-refractivity contribution in [3.63, 3.8) is 0 Å². The van der Waals surface area contributed by atoms with Gasteiger partial charge in [-0.1, -0.05) is 11.8 Å². The Labute approximate surface area is 152 Å². The molecule has 1 amide bonds. The van der Waals surface area contributed by atoms with Gasteiger partial charge in [-0.3, -0.25) is 9.59 Å². The molecule has 0 radical (unpaired) electrons. The van der Waals surface area contributed by atoms with Gasteiger partial charge < -0.3 is 9.64 Å². The largest absolute Gasteiger partial charge is 0.465 e. The average molecular weight is 361 g/mol. The number of thiophene rings is 1. The van der Waals surface area contributed by atoms with Gasteiger partial charge in [0.1, 0.15) is 10.7 Å². The molecular weight excluding hydrogens is 338 g/mol. The van der Waals surface area contributed by atoms with Crippen LogP contribution in [0, 0.1) is 17.3 Å². The Morgan fingerprint density at radius 1 is 1.36 bits per heavy atom. The number of nitrogens with zero attached hydrogens (tertiary/aromatic N) is 1. The molecule has 2 rings (SSSR count). The highest BCUT2D eigenvalue weighted by Crippen LogP contribution is 2.34. The molecule has 1 aliphatic rings. The lowest BCUT2D eigenvalue weighted by atomic mass is 9.93. The van der Waals surface area contributed by atoms with Gasteiger partial charge >= 0.3 is 5.97 Å². The summed E-state index contributed by atoms with van der Waals surface area (Å²) in [5.74, 6) is 5.95. The Hall–Kier alpha value is -2.13. The van der Waals surface area contributed by atoms with E-state index < -0.39 is 5.97 Å². The minimum Gasteiger partial charge on any atom is -0.465 e. The normalized spacial score (nSPS) is 15.3. The molecule has 0 N–H and O–H groups in total. The zero-order chi connectivity index (χ0) is 18.6. The van der Waals surface area contributed by atoms with Gasteiger partial charge in [0.25, 0.3) is 0 Å². The fourth-order valence-corrected chi connectivity index (χ4v) is 3.59. The minimum absolute atomic E-state index is 0.0865. The van der Waals surface area contributed by atoms with E-state index in [1.54, 1.807) is 11.0 Å². The van der Waals surface area contributed by atoms with Crippen LogP contribution in [0.3, 0.4) is 0 Å². The van der Waals surface area contributed by atoms with E-state index in [9.17, 15) is 14.4 Å². The molecule has 1 heterocycles. The van der Waals surface area contributed by atoms with Gasteiger partial charge in [0.15, 0.2) is 0 Å². The second kappa shape index (κ2) is 7.83. The highest BCUT2D eigenvalue weighted by atomic mass is 32.1. The zero-order valence-corrected chi connectivity index (χ0v) is 15.9. The molecule has 1 saturated carbocycles. The lowest BCUT2D eigenvalue weighted by Gasteiger charge is -2.30. The third-order valence-corrected chi connectivity index (χ3v) is 4.96. The Balaban J connectivity index is 2.40. The second-order valence-corrected chi connectivity index (χ2v) is 8.15. The molecule has 5 nitrogen and oxygen atoms in total. The Bertz CT molecular complexity index is 723. The van der Waals surface area contributed by atoms with E-state index in [1.165, 1.54) is 18.4 Å². The molecular formula is C19H23NO4S. The SMILES string of the molecule is COC(=O)c1sc(C#CC(C)(C)C)cc1N(C=O)C1CCC(=O)CC1. The maximum Gasteiger partial charge on any atom is 0.350 e. The van der Waals surface area contributed by atoms with Gasteiger partial charge in [-0.25, -0.2) is 4.79 Å². The molecule has 0 unspecified atom stereocenters. The molecule has 0 spiro atoms. The molecule has 0 aromatic carbocycles. The fourth-order valence-electron chi connectivity index (χ4n) is 2.67. The molecule has 0 saturated heterocycles. The van der Waals surface area contributed by atoms with E-state index in [4.69, 9.17) is 4.74 Å². The summed E-state index contributed by atoms with van der Waals surface area (Å²) in [5, 5.41) is 0. The predicted octanol–water partition coefficient (Wildman–Crippen LogP) is 3.41. The van der Waals surface area contributed by atoms with Crippen molar-refractivity contribution in [2.24, 2.45) is 5.41 Å². The molecule has 0 aliphatic heterocycles. The van der Waals surface area contributed by atoms with Gasteiger partial charge in [-0.05, 0) is 39.7 Å². The van der Waals surface area contributed by atoms with Gasteiger partial charge in [-0.15, -0.1) is 11.3 Å². The first-order valence-corrected chi connectivity index (χ1v) is 9.07. The molecule has 25 heavy (non-hydrogen) atoms. The summed E-state index contributed by atoms with van der Waals surface area (Å²) < 4.78 is 4.86. The number of carbonyl (C=O) groups is 3. The van der Waals surface area contributed by atoms with Crippen molar-refractivity contribution < 1.29 is 19.1 Å². The maximum atomic E-state index is 12.1. The number of hydrogen-bond donors (Lipinski definition) is 0. The fraction of sp³-hybridized carbons (Fsp3) is 0.526. The average Bonchev–Trinajstić information content (AvgIpc) is 2.98. The Morgan fingerprint density at radius 3 is 2.52 bits per heavy atom. The van der Waals surface area contributed by atoms with E-state index in [0.29, 0.717) is 41.1 Å². The Morgan fingerprint density at radius 2 is 2.00 bits per heavy atom. The number of carbonyl (C=O) groups excluding carboxylic acids is 3. The van der Waals surface area contributed by atoms with E-state index >= 15 is 0 Å². The van der Waals surface area contributed by atoms with Crippen LogP contribution in [0.2, 0.25) is 0 Å². The first kappa shape index (κ1) is 19.2. The van der Waals surface area contributed by atoms with Gasteiger partial charge in [0.2, 0.25) is 6.41 Å². The van der Waals surface area contributed by atoms with E-state index in [-0.39, 0.29) is 17.2 Å². The van der Waals surface area contributed by atoms with Crippen LogP contribution < -0.4 is 4.90 Å². The molecule has 6 heteroatoms. The van der Waals surface area contributed by atoms with Crippen molar-refractivity contribution in [3.05, 3.63) is 15.8 Å². The second-order valence-electron chi connectivity index (χ2n) is 7.10. The van der Waals surface area contributed by atoms with Crippen LogP contribution in [-0.4, -0.2) is 31.3 Å². The van der Waals surface area contributed by atoms with Crippen molar-refractivity contribution in [3.8, 4) is 11.8 Å². The Kier molecular flexibility index (Phi) is 6.02.